The smallest absolute Gasteiger partial charge is 0.326 e. The zero-order chi connectivity index (χ0) is 15.3. The Hall–Kier alpha value is -0.660. The van der Waals surface area contributed by atoms with Gasteiger partial charge in [0.1, 0.15) is 11.9 Å². The van der Waals surface area contributed by atoms with Gasteiger partial charge < -0.3 is 4.74 Å². The van der Waals surface area contributed by atoms with E-state index in [0.717, 1.165) is 35.8 Å². The molecule has 1 aliphatic carbocycles. The molecule has 7 heteroatoms. The summed E-state index contributed by atoms with van der Waals surface area (Å²) in [7, 11) is 1.48. The lowest BCUT2D eigenvalue weighted by Crippen LogP contribution is -2.57. The quantitative estimate of drug-likeness (QED) is 0.613. The van der Waals surface area contributed by atoms with E-state index in [9.17, 15) is 4.79 Å². The average Bonchev–Trinajstić information content (AvgIpc) is 3.08. The zero-order valence-corrected chi connectivity index (χ0v) is 14.4. The van der Waals surface area contributed by atoms with E-state index < -0.39 is 5.54 Å². The Labute approximate surface area is 134 Å². The molecule has 0 amide bonds. The van der Waals surface area contributed by atoms with Crippen LogP contribution >= 0.6 is 23.3 Å². The summed E-state index contributed by atoms with van der Waals surface area (Å²) in [6, 6.07) is 0.264. The van der Waals surface area contributed by atoms with Gasteiger partial charge in [0.25, 0.3) is 0 Å². The van der Waals surface area contributed by atoms with Gasteiger partial charge in [0.05, 0.1) is 7.11 Å². The Morgan fingerprint density at radius 3 is 3.10 bits per heavy atom. The molecule has 0 radical (unpaired) electrons. The third kappa shape index (κ3) is 3.96. The summed E-state index contributed by atoms with van der Waals surface area (Å²) >= 11 is 3.14. The van der Waals surface area contributed by atoms with Crippen molar-refractivity contribution in [3.63, 3.8) is 0 Å². The first-order valence-electron chi connectivity index (χ1n) is 7.34. The molecule has 2 atom stereocenters. The first-order chi connectivity index (χ1) is 10.1. The zero-order valence-electron chi connectivity index (χ0n) is 12.8. The molecule has 0 bridgehead atoms. The van der Waals surface area contributed by atoms with Crippen molar-refractivity contribution in [2.45, 2.75) is 55.5 Å². The van der Waals surface area contributed by atoms with Gasteiger partial charge in [-0.2, -0.15) is 4.37 Å². The van der Waals surface area contributed by atoms with Crippen molar-refractivity contribution in [1.29, 1.82) is 0 Å². The second kappa shape index (κ2) is 7.56. The van der Waals surface area contributed by atoms with E-state index >= 15 is 0 Å². The topological polar surface area (TPSA) is 64.1 Å². The molecule has 0 saturated heterocycles. The molecule has 5 nitrogen and oxygen atoms in total. The van der Waals surface area contributed by atoms with Gasteiger partial charge in [0.15, 0.2) is 4.34 Å². The van der Waals surface area contributed by atoms with E-state index in [1.54, 1.807) is 18.1 Å². The SMILES string of the molecule is COC(=O)C1(NC(C)C)CCCC1CCSc1ncns1. The minimum absolute atomic E-state index is 0.111. The molecule has 0 aromatic carbocycles. The predicted octanol–water partition coefficient (Wildman–Crippen LogP) is 2.73. The highest BCUT2D eigenvalue weighted by atomic mass is 32.2. The number of ether oxygens (including phenoxy) is 1. The lowest BCUT2D eigenvalue weighted by atomic mass is 9.84. The number of hydrogen-bond donors (Lipinski definition) is 1. The summed E-state index contributed by atoms with van der Waals surface area (Å²) in [5.41, 5.74) is -0.509. The Morgan fingerprint density at radius 1 is 1.67 bits per heavy atom. The van der Waals surface area contributed by atoms with Gasteiger partial charge in [0.2, 0.25) is 0 Å². The molecule has 1 N–H and O–H groups in total. The molecule has 1 heterocycles. The molecule has 1 aromatic rings. The molecule has 1 fully saturated rings. The lowest BCUT2D eigenvalue weighted by molar-refractivity contribution is -0.150. The van der Waals surface area contributed by atoms with Crippen LogP contribution < -0.4 is 5.32 Å². The van der Waals surface area contributed by atoms with E-state index in [1.165, 1.54) is 18.6 Å². The maximum Gasteiger partial charge on any atom is 0.326 e. The molecule has 1 aromatic heterocycles. The van der Waals surface area contributed by atoms with Crippen molar-refractivity contribution in [1.82, 2.24) is 14.7 Å². The fourth-order valence-electron chi connectivity index (χ4n) is 3.20. The number of hydrogen-bond acceptors (Lipinski definition) is 7. The molecule has 0 spiro atoms. The molecule has 118 valence electrons. The summed E-state index contributed by atoms with van der Waals surface area (Å²) < 4.78 is 10.1. The largest absolute Gasteiger partial charge is 0.468 e. The van der Waals surface area contributed by atoms with Gasteiger partial charge in [-0.3, -0.25) is 10.1 Å². The summed E-state index contributed by atoms with van der Waals surface area (Å²) in [6.45, 7) is 4.16. The molecule has 1 saturated carbocycles. The van der Waals surface area contributed by atoms with E-state index in [1.807, 2.05) is 0 Å². The summed E-state index contributed by atoms with van der Waals surface area (Å²) in [5.74, 6) is 1.17. The molecule has 2 rings (SSSR count). The lowest BCUT2D eigenvalue weighted by Gasteiger charge is -2.35. The average molecular weight is 329 g/mol. The second-order valence-electron chi connectivity index (χ2n) is 5.70. The van der Waals surface area contributed by atoms with Gasteiger partial charge in [-0.1, -0.05) is 18.2 Å². The van der Waals surface area contributed by atoms with Crippen molar-refractivity contribution < 1.29 is 9.53 Å². The molecular formula is C14H23N3O2S2. The number of carbonyl (C=O) groups excluding carboxylic acids is 1. The van der Waals surface area contributed by atoms with E-state index in [2.05, 4.69) is 28.5 Å². The van der Waals surface area contributed by atoms with E-state index in [0.29, 0.717) is 5.92 Å². The highest BCUT2D eigenvalue weighted by molar-refractivity contribution is 8.00. The molecule has 1 aliphatic rings. The number of thioether (sulfide) groups is 1. The maximum atomic E-state index is 12.4. The number of aromatic nitrogens is 2. The highest BCUT2D eigenvalue weighted by Crippen LogP contribution is 2.40. The van der Waals surface area contributed by atoms with Crippen LogP contribution in [-0.2, 0) is 9.53 Å². The fourth-order valence-corrected chi connectivity index (χ4v) is 4.77. The van der Waals surface area contributed by atoms with Crippen LogP contribution in [0.2, 0.25) is 0 Å². The second-order valence-corrected chi connectivity index (χ2v) is 7.82. The van der Waals surface area contributed by atoms with Crippen LogP contribution in [0.1, 0.15) is 39.5 Å². The van der Waals surface area contributed by atoms with Crippen molar-refractivity contribution in [3.8, 4) is 0 Å². The number of methoxy groups -OCH3 is 1. The number of carbonyl (C=O) groups is 1. The fraction of sp³-hybridized carbons (Fsp3) is 0.786. The highest BCUT2D eigenvalue weighted by Gasteiger charge is 2.49. The first kappa shape index (κ1) is 16.7. The van der Waals surface area contributed by atoms with Gasteiger partial charge in [0, 0.05) is 11.8 Å². The van der Waals surface area contributed by atoms with Crippen LogP contribution in [0.25, 0.3) is 0 Å². The van der Waals surface area contributed by atoms with Gasteiger partial charge in [-0.25, -0.2) is 4.98 Å². The number of esters is 1. The van der Waals surface area contributed by atoms with Crippen LogP contribution in [0.15, 0.2) is 10.7 Å². The third-order valence-electron chi connectivity index (χ3n) is 3.95. The minimum Gasteiger partial charge on any atom is -0.468 e. The Morgan fingerprint density at radius 2 is 2.48 bits per heavy atom. The third-order valence-corrected chi connectivity index (χ3v) is 5.78. The van der Waals surface area contributed by atoms with Crippen molar-refractivity contribution >= 4 is 29.3 Å². The van der Waals surface area contributed by atoms with Gasteiger partial charge in [-0.15, -0.1) is 0 Å². The number of rotatable bonds is 7. The molecule has 21 heavy (non-hydrogen) atoms. The Balaban J connectivity index is 1.99. The van der Waals surface area contributed by atoms with Gasteiger partial charge in [-0.05, 0) is 50.6 Å². The normalized spacial score (nSPS) is 25.4. The standard InChI is InChI=1S/C14H23N3O2S2/c1-10(2)17-14(12(18)19-3)7-4-5-11(14)6-8-20-13-15-9-16-21-13/h9-11,17H,4-8H2,1-3H3. The van der Waals surface area contributed by atoms with E-state index in [4.69, 9.17) is 4.74 Å². The van der Waals surface area contributed by atoms with Crippen LogP contribution in [0.5, 0.6) is 0 Å². The number of nitrogens with zero attached hydrogens (tertiary/aromatic N) is 2. The van der Waals surface area contributed by atoms with Crippen molar-refractivity contribution in [3.05, 3.63) is 6.33 Å². The monoisotopic (exact) mass is 329 g/mol. The molecular weight excluding hydrogens is 306 g/mol. The Kier molecular flexibility index (Phi) is 6.01. The molecule has 2 unspecified atom stereocenters. The minimum atomic E-state index is -0.509. The van der Waals surface area contributed by atoms with Crippen LogP contribution in [0.3, 0.4) is 0 Å². The van der Waals surface area contributed by atoms with Crippen LogP contribution in [0, 0.1) is 5.92 Å². The number of nitrogens with one attached hydrogen (secondary N) is 1. The summed E-state index contributed by atoms with van der Waals surface area (Å²) in [4.78, 5) is 16.5. The van der Waals surface area contributed by atoms with Crippen LogP contribution in [-0.4, -0.2) is 39.8 Å². The predicted molar refractivity (Wildman–Crippen MR) is 85.6 cm³/mol. The molecule has 0 aliphatic heterocycles. The van der Waals surface area contributed by atoms with Gasteiger partial charge >= 0.3 is 5.97 Å². The van der Waals surface area contributed by atoms with Crippen LogP contribution in [0.4, 0.5) is 0 Å². The summed E-state index contributed by atoms with van der Waals surface area (Å²) in [5, 5.41) is 3.49. The Bertz CT molecular complexity index is 453. The van der Waals surface area contributed by atoms with Crippen molar-refractivity contribution in [2.75, 3.05) is 12.9 Å². The van der Waals surface area contributed by atoms with Crippen molar-refractivity contribution in [2.24, 2.45) is 5.92 Å². The van der Waals surface area contributed by atoms with E-state index in [-0.39, 0.29) is 12.0 Å². The summed E-state index contributed by atoms with van der Waals surface area (Å²) in [6.07, 6.45) is 5.58. The maximum absolute atomic E-state index is 12.4. The first-order valence-corrected chi connectivity index (χ1v) is 9.10.